The van der Waals surface area contributed by atoms with Gasteiger partial charge in [-0.25, -0.2) is 0 Å². The van der Waals surface area contributed by atoms with Gasteiger partial charge < -0.3 is 19.4 Å². The van der Waals surface area contributed by atoms with Crippen LogP contribution in [0.3, 0.4) is 0 Å². The van der Waals surface area contributed by atoms with Crippen molar-refractivity contribution in [2.75, 3.05) is 13.7 Å². The molecule has 0 saturated carbocycles. The molecule has 0 fully saturated rings. The summed E-state index contributed by atoms with van der Waals surface area (Å²) < 4.78 is 10.8. The van der Waals surface area contributed by atoms with E-state index in [9.17, 15) is 9.90 Å². The van der Waals surface area contributed by atoms with E-state index in [-0.39, 0.29) is 5.56 Å². The Kier molecular flexibility index (Phi) is 7.55. The van der Waals surface area contributed by atoms with Crippen LogP contribution >= 0.6 is 0 Å². The minimum absolute atomic E-state index is 0.0914. The van der Waals surface area contributed by atoms with E-state index in [4.69, 9.17) is 9.47 Å². The van der Waals surface area contributed by atoms with E-state index in [2.05, 4.69) is 6.92 Å². The molecular weight excluding hydrogens is 256 g/mol. The zero-order valence-electron chi connectivity index (χ0n) is 12.3. The van der Waals surface area contributed by atoms with Crippen LogP contribution in [0.25, 0.3) is 0 Å². The third-order valence-corrected chi connectivity index (χ3v) is 3.15. The molecule has 0 aliphatic carbocycles. The van der Waals surface area contributed by atoms with Crippen molar-refractivity contribution in [1.82, 2.24) is 0 Å². The largest absolute Gasteiger partial charge is 0.545 e. The molecule has 0 aromatic heterocycles. The highest BCUT2D eigenvalue weighted by Crippen LogP contribution is 2.28. The van der Waals surface area contributed by atoms with Gasteiger partial charge >= 0.3 is 0 Å². The zero-order chi connectivity index (χ0) is 14.8. The fraction of sp³-hybridized carbons (Fsp3) is 0.562. The maximum Gasteiger partial charge on any atom is 0.161 e. The molecule has 20 heavy (non-hydrogen) atoms. The lowest BCUT2D eigenvalue weighted by molar-refractivity contribution is -0.255. The van der Waals surface area contributed by atoms with Crippen molar-refractivity contribution >= 4 is 5.97 Å². The van der Waals surface area contributed by atoms with E-state index in [0.717, 1.165) is 12.8 Å². The van der Waals surface area contributed by atoms with E-state index in [1.165, 1.54) is 44.9 Å². The van der Waals surface area contributed by atoms with E-state index >= 15 is 0 Å². The summed E-state index contributed by atoms with van der Waals surface area (Å²) in [6.45, 7) is 2.82. The number of ether oxygens (including phenoxy) is 2. The molecule has 112 valence electrons. The van der Waals surface area contributed by atoms with Crippen molar-refractivity contribution < 1.29 is 19.4 Å². The van der Waals surface area contributed by atoms with Gasteiger partial charge in [0.15, 0.2) is 11.5 Å². The lowest BCUT2D eigenvalue weighted by Crippen LogP contribution is -2.22. The highest BCUT2D eigenvalue weighted by atomic mass is 16.5. The summed E-state index contributed by atoms with van der Waals surface area (Å²) in [5, 5.41) is 10.8. The molecule has 0 unspecified atom stereocenters. The average molecular weight is 279 g/mol. The number of methoxy groups -OCH3 is 1. The standard InChI is InChI=1S/C16H24O4/c1-3-4-5-6-7-8-11-20-14-10-9-13(16(17)18)12-15(14)19-2/h9-10,12H,3-8,11H2,1-2H3,(H,17,18)/p-1. The van der Waals surface area contributed by atoms with Crippen LogP contribution in [0.5, 0.6) is 11.5 Å². The van der Waals surface area contributed by atoms with E-state index in [1.54, 1.807) is 6.07 Å². The fourth-order valence-electron chi connectivity index (χ4n) is 1.98. The van der Waals surface area contributed by atoms with Crippen LogP contribution in [-0.4, -0.2) is 19.7 Å². The van der Waals surface area contributed by atoms with Crippen molar-refractivity contribution in [3.8, 4) is 11.5 Å². The van der Waals surface area contributed by atoms with E-state index in [0.29, 0.717) is 18.1 Å². The zero-order valence-corrected chi connectivity index (χ0v) is 12.3. The molecule has 1 aromatic carbocycles. The Bertz CT molecular complexity index is 415. The number of carboxylic acid groups (broad SMARTS) is 1. The molecule has 0 radical (unpaired) electrons. The van der Waals surface area contributed by atoms with Gasteiger partial charge in [-0.3, -0.25) is 0 Å². The number of hydrogen-bond donors (Lipinski definition) is 0. The van der Waals surface area contributed by atoms with Crippen molar-refractivity contribution in [2.24, 2.45) is 0 Å². The molecule has 4 nitrogen and oxygen atoms in total. The lowest BCUT2D eigenvalue weighted by Gasteiger charge is -2.12. The molecular formula is C16H23O4-. The maximum atomic E-state index is 10.8. The molecule has 0 spiro atoms. The van der Waals surface area contributed by atoms with Crippen LogP contribution < -0.4 is 14.6 Å². The second-order valence-corrected chi connectivity index (χ2v) is 4.77. The highest BCUT2D eigenvalue weighted by molar-refractivity contribution is 5.86. The molecule has 0 aliphatic heterocycles. The molecule has 0 heterocycles. The summed E-state index contributed by atoms with van der Waals surface area (Å²) in [5.41, 5.74) is 0.0914. The molecule has 1 rings (SSSR count). The Labute approximate surface area is 120 Å². The van der Waals surface area contributed by atoms with Crippen LogP contribution in [0.15, 0.2) is 18.2 Å². The third kappa shape index (κ3) is 5.51. The lowest BCUT2D eigenvalue weighted by atomic mass is 10.1. The number of rotatable bonds is 10. The molecule has 0 aliphatic rings. The van der Waals surface area contributed by atoms with Crippen LogP contribution in [0.1, 0.15) is 55.8 Å². The van der Waals surface area contributed by atoms with Crippen molar-refractivity contribution in [1.29, 1.82) is 0 Å². The van der Waals surface area contributed by atoms with Gasteiger partial charge in [-0.2, -0.15) is 0 Å². The highest BCUT2D eigenvalue weighted by Gasteiger charge is 2.06. The van der Waals surface area contributed by atoms with Crippen molar-refractivity contribution in [2.45, 2.75) is 45.4 Å². The second kappa shape index (κ2) is 9.23. The first kappa shape index (κ1) is 16.3. The Morgan fingerprint density at radius 2 is 1.80 bits per heavy atom. The van der Waals surface area contributed by atoms with Gasteiger partial charge in [-0.1, -0.05) is 39.0 Å². The van der Waals surface area contributed by atoms with Crippen LogP contribution in [0, 0.1) is 0 Å². The van der Waals surface area contributed by atoms with Crippen molar-refractivity contribution in [3.63, 3.8) is 0 Å². The molecule has 0 atom stereocenters. The number of unbranched alkanes of at least 4 members (excludes halogenated alkanes) is 5. The molecule has 1 aromatic rings. The van der Waals surface area contributed by atoms with E-state index in [1.807, 2.05) is 0 Å². The quantitative estimate of drug-likeness (QED) is 0.618. The van der Waals surface area contributed by atoms with Gasteiger partial charge in [0.05, 0.1) is 19.7 Å². The second-order valence-electron chi connectivity index (χ2n) is 4.77. The summed E-state index contributed by atoms with van der Waals surface area (Å²) in [6, 6.07) is 4.50. The fourth-order valence-corrected chi connectivity index (χ4v) is 1.98. The monoisotopic (exact) mass is 279 g/mol. The first-order valence-electron chi connectivity index (χ1n) is 7.21. The number of benzene rings is 1. The average Bonchev–Trinajstić information content (AvgIpc) is 2.46. The number of carbonyl (C=O) groups excluding carboxylic acids is 1. The minimum atomic E-state index is -1.22. The van der Waals surface area contributed by atoms with Crippen LogP contribution in [0.2, 0.25) is 0 Å². The molecule has 0 N–H and O–H groups in total. The van der Waals surface area contributed by atoms with Gasteiger partial charge in [0.1, 0.15) is 0 Å². The Morgan fingerprint density at radius 3 is 2.45 bits per heavy atom. The molecule has 4 heteroatoms. The Hall–Kier alpha value is -1.71. The van der Waals surface area contributed by atoms with Crippen molar-refractivity contribution in [3.05, 3.63) is 23.8 Å². The summed E-state index contributed by atoms with van der Waals surface area (Å²) in [4.78, 5) is 10.8. The third-order valence-electron chi connectivity index (χ3n) is 3.15. The van der Waals surface area contributed by atoms with E-state index < -0.39 is 5.97 Å². The summed E-state index contributed by atoms with van der Waals surface area (Å²) in [6.07, 6.45) is 7.20. The topological polar surface area (TPSA) is 58.6 Å². The summed E-state index contributed by atoms with van der Waals surface area (Å²) in [7, 11) is 1.49. The maximum absolute atomic E-state index is 10.8. The Morgan fingerprint density at radius 1 is 1.10 bits per heavy atom. The molecule has 0 saturated heterocycles. The first-order chi connectivity index (χ1) is 9.69. The number of carboxylic acids is 1. The number of carbonyl (C=O) groups is 1. The smallest absolute Gasteiger partial charge is 0.161 e. The summed E-state index contributed by atoms with van der Waals surface area (Å²) in [5.74, 6) is -0.213. The summed E-state index contributed by atoms with van der Waals surface area (Å²) >= 11 is 0. The van der Waals surface area contributed by atoms with Gasteiger partial charge in [-0.05, 0) is 24.6 Å². The van der Waals surface area contributed by atoms with Gasteiger partial charge in [0, 0.05) is 5.56 Å². The molecule has 0 amide bonds. The molecule has 0 bridgehead atoms. The van der Waals surface area contributed by atoms with Gasteiger partial charge in [0.2, 0.25) is 0 Å². The SMILES string of the molecule is CCCCCCCCOc1ccc(C(=O)[O-])cc1OC. The van der Waals surface area contributed by atoms with Gasteiger partial charge in [-0.15, -0.1) is 0 Å². The first-order valence-corrected chi connectivity index (χ1v) is 7.21. The van der Waals surface area contributed by atoms with Crippen LogP contribution in [0.4, 0.5) is 0 Å². The van der Waals surface area contributed by atoms with Crippen LogP contribution in [-0.2, 0) is 0 Å². The predicted octanol–water partition coefficient (Wildman–Crippen LogP) is 2.80. The van der Waals surface area contributed by atoms with Gasteiger partial charge in [0.25, 0.3) is 0 Å². The number of aromatic carboxylic acids is 1. The number of hydrogen-bond acceptors (Lipinski definition) is 4. The minimum Gasteiger partial charge on any atom is -0.545 e. The predicted molar refractivity (Wildman–Crippen MR) is 76.2 cm³/mol. The normalized spacial score (nSPS) is 10.3. The Balaban J connectivity index is 2.38.